The Morgan fingerprint density at radius 3 is 2.42 bits per heavy atom. The van der Waals surface area contributed by atoms with E-state index >= 15 is 0 Å². The van der Waals surface area contributed by atoms with Crippen molar-refractivity contribution in [1.29, 1.82) is 0 Å². The molecule has 3 aliphatic carbocycles. The van der Waals surface area contributed by atoms with Gasteiger partial charge in [0.25, 0.3) is 0 Å². The van der Waals surface area contributed by atoms with Gasteiger partial charge in [0, 0.05) is 0 Å². The molecule has 1 heteroatoms. The van der Waals surface area contributed by atoms with Crippen molar-refractivity contribution in [2.24, 2.45) is 23.7 Å². The molecule has 0 radical (unpaired) electrons. The van der Waals surface area contributed by atoms with Gasteiger partial charge >= 0.3 is 0 Å². The number of hydrogen-bond acceptors (Lipinski definition) is 1. The van der Waals surface area contributed by atoms with Gasteiger partial charge in [-0.05, 0) is 49.4 Å². The van der Waals surface area contributed by atoms with Crippen LogP contribution in [0.4, 0.5) is 0 Å². The minimum atomic E-state index is 0.0781. The smallest absolute Gasteiger partial charge is 0.0574 e. The summed E-state index contributed by atoms with van der Waals surface area (Å²) in [5, 5.41) is 9.76. The van der Waals surface area contributed by atoms with E-state index in [1.54, 1.807) is 0 Å². The fourth-order valence-electron chi connectivity index (χ4n) is 4.20. The number of aliphatic hydroxyl groups excluding tert-OH is 1. The summed E-state index contributed by atoms with van der Waals surface area (Å²) in [6, 6.07) is 0. The Balaban J connectivity index is 1.84. The second-order valence-corrected chi connectivity index (χ2v) is 5.07. The normalized spacial score (nSPS) is 57.2. The maximum atomic E-state index is 9.76. The number of rotatable bonds is 0. The number of fused-ring (bicyclic) bond motifs is 5. The van der Waals surface area contributed by atoms with Gasteiger partial charge in [0.2, 0.25) is 0 Å². The van der Waals surface area contributed by atoms with E-state index in [9.17, 15) is 5.11 Å². The van der Waals surface area contributed by atoms with Gasteiger partial charge in [0.15, 0.2) is 0 Å². The highest BCUT2D eigenvalue weighted by Gasteiger charge is 2.51. The molecule has 68 valence electrons. The lowest BCUT2D eigenvalue weighted by Gasteiger charge is -2.37. The Morgan fingerprint density at radius 1 is 0.833 bits per heavy atom. The summed E-state index contributed by atoms with van der Waals surface area (Å²) in [5.74, 6) is 3.57. The zero-order chi connectivity index (χ0) is 8.13. The molecular formula is C11H18O. The average molecular weight is 166 g/mol. The van der Waals surface area contributed by atoms with Crippen molar-refractivity contribution in [3.05, 3.63) is 0 Å². The first-order chi connectivity index (χ1) is 5.86. The molecule has 3 rings (SSSR count). The van der Waals surface area contributed by atoms with Gasteiger partial charge in [-0.3, -0.25) is 0 Å². The van der Waals surface area contributed by atoms with Gasteiger partial charge in [-0.1, -0.05) is 12.8 Å². The number of hydrogen-bond donors (Lipinski definition) is 1. The molecular weight excluding hydrogens is 148 g/mol. The van der Waals surface area contributed by atoms with Crippen LogP contribution in [0.2, 0.25) is 0 Å². The molecule has 5 atom stereocenters. The summed E-state index contributed by atoms with van der Waals surface area (Å²) in [7, 11) is 0. The Morgan fingerprint density at radius 2 is 1.58 bits per heavy atom. The lowest BCUT2D eigenvalue weighted by molar-refractivity contribution is 0.0345. The summed E-state index contributed by atoms with van der Waals surface area (Å²) < 4.78 is 0. The van der Waals surface area contributed by atoms with Crippen LogP contribution in [0.3, 0.4) is 0 Å². The standard InChI is InChI=1S/C11H18O/c12-11-6-7-5-10(11)9-4-2-1-3-8(7)9/h7-12H,1-6H2. The van der Waals surface area contributed by atoms with Crippen LogP contribution in [0.25, 0.3) is 0 Å². The monoisotopic (exact) mass is 166 g/mol. The highest BCUT2D eigenvalue weighted by molar-refractivity contribution is 5.01. The third-order valence-corrected chi connectivity index (χ3v) is 4.64. The highest BCUT2D eigenvalue weighted by atomic mass is 16.3. The Kier molecular flexibility index (Phi) is 1.52. The molecule has 1 N–H and O–H groups in total. The molecule has 0 spiro atoms. The molecule has 0 aliphatic heterocycles. The summed E-state index contributed by atoms with van der Waals surface area (Å²) in [6.07, 6.45) is 8.34. The first-order valence-corrected chi connectivity index (χ1v) is 5.54. The van der Waals surface area contributed by atoms with Crippen molar-refractivity contribution in [3.8, 4) is 0 Å². The molecule has 3 aliphatic rings. The van der Waals surface area contributed by atoms with Crippen molar-refractivity contribution >= 4 is 0 Å². The molecule has 2 bridgehead atoms. The van der Waals surface area contributed by atoms with E-state index in [0.717, 1.165) is 24.2 Å². The predicted molar refractivity (Wildman–Crippen MR) is 47.7 cm³/mol. The lowest BCUT2D eigenvalue weighted by Crippen LogP contribution is -2.33. The van der Waals surface area contributed by atoms with Crippen molar-refractivity contribution in [3.63, 3.8) is 0 Å². The third kappa shape index (κ3) is 0.834. The minimum absolute atomic E-state index is 0.0781. The molecule has 5 unspecified atom stereocenters. The van der Waals surface area contributed by atoms with E-state index in [4.69, 9.17) is 0 Å². The Labute approximate surface area is 74.2 Å². The van der Waals surface area contributed by atoms with E-state index in [1.807, 2.05) is 0 Å². The predicted octanol–water partition coefficient (Wildman–Crippen LogP) is 2.19. The molecule has 3 fully saturated rings. The lowest BCUT2D eigenvalue weighted by atomic mass is 9.70. The van der Waals surface area contributed by atoms with Crippen molar-refractivity contribution in [2.75, 3.05) is 0 Å². The fourth-order valence-corrected chi connectivity index (χ4v) is 4.20. The molecule has 0 aromatic carbocycles. The van der Waals surface area contributed by atoms with Crippen molar-refractivity contribution in [2.45, 2.75) is 44.6 Å². The quantitative estimate of drug-likeness (QED) is 0.585. The second kappa shape index (κ2) is 2.47. The largest absolute Gasteiger partial charge is 0.393 e. The zero-order valence-corrected chi connectivity index (χ0v) is 7.58. The molecule has 1 nitrogen and oxygen atoms in total. The van der Waals surface area contributed by atoms with Gasteiger partial charge in [-0.2, -0.15) is 0 Å². The third-order valence-electron chi connectivity index (χ3n) is 4.64. The Hall–Kier alpha value is -0.0400. The van der Waals surface area contributed by atoms with Gasteiger partial charge in [-0.25, -0.2) is 0 Å². The van der Waals surface area contributed by atoms with Crippen LogP contribution in [0.15, 0.2) is 0 Å². The van der Waals surface area contributed by atoms with Crippen LogP contribution in [0.5, 0.6) is 0 Å². The highest BCUT2D eigenvalue weighted by Crippen LogP contribution is 2.57. The first kappa shape index (κ1) is 7.37. The van der Waals surface area contributed by atoms with Gasteiger partial charge in [-0.15, -0.1) is 0 Å². The van der Waals surface area contributed by atoms with E-state index in [-0.39, 0.29) is 6.10 Å². The van der Waals surface area contributed by atoms with E-state index < -0.39 is 0 Å². The first-order valence-electron chi connectivity index (χ1n) is 5.54. The maximum Gasteiger partial charge on any atom is 0.0574 e. The van der Waals surface area contributed by atoms with Crippen LogP contribution in [-0.2, 0) is 0 Å². The van der Waals surface area contributed by atoms with E-state index in [0.29, 0.717) is 5.92 Å². The SMILES string of the molecule is OC1CC2CC1C1CCCCC21. The zero-order valence-electron chi connectivity index (χ0n) is 7.58. The molecule has 0 aromatic heterocycles. The average Bonchev–Trinajstić information content (AvgIpc) is 2.62. The van der Waals surface area contributed by atoms with E-state index in [2.05, 4.69) is 0 Å². The molecule has 0 amide bonds. The van der Waals surface area contributed by atoms with Crippen LogP contribution in [-0.4, -0.2) is 11.2 Å². The van der Waals surface area contributed by atoms with Crippen LogP contribution in [0.1, 0.15) is 38.5 Å². The molecule has 3 saturated carbocycles. The summed E-state index contributed by atoms with van der Waals surface area (Å²) in [6.45, 7) is 0. The van der Waals surface area contributed by atoms with Crippen LogP contribution < -0.4 is 0 Å². The van der Waals surface area contributed by atoms with E-state index in [1.165, 1.54) is 32.1 Å². The van der Waals surface area contributed by atoms with Crippen LogP contribution in [0, 0.1) is 23.7 Å². The Bertz CT molecular complexity index is 187. The maximum absolute atomic E-state index is 9.76. The number of aliphatic hydroxyl groups is 1. The molecule has 0 saturated heterocycles. The second-order valence-electron chi connectivity index (χ2n) is 5.07. The van der Waals surface area contributed by atoms with Crippen LogP contribution >= 0.6 is 0 Å². The topological polar surface area (TPSA) is 20.2 Å². The van der Waals surface area contributed by atoms with Crippen molar-refractivity contribution in [1.82, 2.24) is 0 Å². The summed E-state index contributed by atoms with van der Waals surface area (Å²) >= 11 is 0. The molecule has 0 aromatic rings. The summed E-state index contributed by atoms with van der Waals surface area (Å²) in [4.78, 5) is 0. The van der Waals surface area contributed by atoms with Gasteiger partial charge < -0.3 is 5.11 Å². The van der Waals surface area contributed by atoms with Crippen molar-refractivity contribution < 1.29 is 5.11 Å². The van der Waals surface area contributed by atoms with Gasteiger partial charge in [0.05, 0.1) is 6.10 Å². The van der Waals surface area contributed by atoms with Gasteiger partial charge in [0.1, 0.15) is 0 Å². The molecule has 12 heavy (non-hydrogen) atoms. The minimum Gasteiger partial charge on any atom is -0.393 e. The fraction of sp³-hybridized carbons (Fsp3) is 1.00. The summed E-state index contributed by atoms with van der Waals surface area (Å²) in [5.41, 5.74) is 0. The molecule has 0 heterocycles.